The smallest absolute Gasteiger partial charge is 0.225 e. The number of carbonyl (C=O) groups is 2. The van der Waals surface area contributed by atoms with Crippen LogP contribution in [0.1, 0.15) is 26.7 Å². The molecule has 5 nitrogen and oxygen atoms in total. The Morgan fingerprint density at radius 2 is 2.16 bits per heavy atom. The minimum atomic E-state index is -0.165. The molecule has 110 valence electrons. The number of carbonyl (C=O) groups excluding carboxylic acids is 2. The first-order chi connectivity index (χ1) is 8.90. The van der Waals surface area contributed by atoms with Crippen LogP contribution in [0.4, 0.5) is 0 Å². The molecule has 1 atom stereocenters. The number of likely N-dealkylation sites (N-methyl/N-ethyl adjacent to an activating group) is 1. The zero-order valence-electron chi connectivity index (χ0n) is 12.6. The second-order valence-electron chi connectivity index (χ2n) is 6.02. The molecule has 0 bridgehead atoms. The Labute approximate surface area is 116 Å². The van der Waals surface area contributed by atoms with Crippen LogP contribution in [0.25, 0.3) is 0 Å². The van der Waals surface area contributed by atoms with Crippen LogP contribution in [0.15, 0.2) is 0 Å². The zero-order chi connectivity index (χ0) is 14.4. The fourth-order valence-electron chi connectivity index (χ4n) is 2.12. The van der Waals surface area contributed by atoms with Crippen LogP contribution < -0.4 is 5.32 Å². The summed E-state index contributed by atoms with van der Waals surface area (Å²) in [5, 5.41) is 2.90. The highest BCUT2D eigenvalue weighted by Crippen LogP contribution is 2.19. The highest BCUT2D eigenvalue weighted by molar-refractivity contribution is 5.89. The molecule has 1 saturated heterocycles. The number of hydrogen-bond acceptors (Lipinski definition) is 3. The van der Waals surface area contributed by atoms with Crippen molar-refractivity contribution in [2.45, 2.75) is 26.7 Å². The van der Waals surface area contributed by atoms with E-state index in [1.54, 1.807) is 0 Å². The molecule has 0 aromatic heterocycles. The van der Waals surface area contributed by atoms with Gasteiger partial charge >= 0.3 is 0 Å². The summed E-state index contributed by atoms with van der Waals surface area (Å²) in [5.41, 5.74) is 0. The molecule has 5 heteroatoms. The average Bonchev–Trinajstić information content (AvgIpc) is 2.67. The van der Waals surface area contributed by atoms with Gasteiger partial charge in [0.15, 0.2) is 0 Å². The largest absolute Gasteiger partial charge is 0.355 e. The molecule has 0 aliphatic carbocycles. The topological polar surface area (TPSA) is 52.7 Å². The maximum Gasteiger partial charge on any atom is 0.225 e. The molecule has 1 aliphatic rings. The molecule has 0 aromatic carbocycles. The van der Waals surface area contributed by atoms with E-state index in [-0.39, 0.29) is 17.7 Å². The maximum absolute atomic E-state index is 11.9. The van der Waals surface area contributed by atoms with Crippen LogP contribution in [0.5, 0.6) is 0 Å². The molecule has 0 saturated carbocycles. The Morgan fingerprint density at radius 1 is 1.47 bits per heavy atom. The predicted molar refractivity (Wildman–Crippen MR) is 75.7 cm³/mol. The van der Waals surface area contributed by atoms with Gasteiger partial charge in [-0.1, -0.05) is 13.8 Å². The van der Waals surface area contributed by atoms with Gasteiger partial charge in [0.05, 0.1) is 5.92 Å². The first-order valence-electron chi connectivity index (χ1n) is 7.10. The summed E-state index contributed by atoms with van der Waals surface area (Å²) in [6.45, 7) is 7.11. The molecular weight excluding hydrogens is 242 g/mol. The van der Waals surface area contributed by atoms with Gasteiger partial charge in [0.2, 0.25) is 11.8 Å². The third kappa shape index (κ3) is 5.59. The fourth-order valence-corrected chi connectivity index (χ4v) is 2.12. The second kappa shape index (κ2) is 7.48. The Balaban J connectivity index is 2.32. The Bertz CT molecular complexity index is 316. The first kappa shape index (κ1) is 16.0. The molecule has 0 radical (unpaired) electrons. The average molecular weight is 269 g/mol. The lowest BCUT2D eigenvalue weighted by molar-refractivity contribution is -0.129. The van der Waals surface area contributed by atoms with Gasteiger partial charge in [-0.25, -0.2) is 0 Å². The van der Waals surface area contributed by atoms with Crippen molar-refractivity contribution in [1.29, 1.82) is 0 Å². The first-order valence-corrected chi connectivity index (χ1v) is 7.10. The summed E-state index contributed by atoms with van der Waals surface area (Å²) >= 11 is 0. The van der Waals surface area contributed by atoms with Crippen LogP contribution in [0.2, 0.25) is 0 Å². The summed E-state index contributed by atoms with van der Waals surface area (Å²) in [6.07, 6.45) is 1.37. The molecule has 1 heterocycles. The molecule has 1 N–H and O–H groups in total. The molecule has 19 heavy (non-hydrogen) atoms. The van der Waals surface area contributed by atoms with Gasteiger partial charge in [-0.3, -0.25) is 9.59 Å². The summed E-state index contributed by atoms with van der Waals surface area (Å²) < 4.78 is 0. The Kier molecular flexibility index (Phi) is 6.28. The van der Waals surface area contributed by atoms with E-state index in [1.165, 1.54) is 0 Å². The second-order valence-corrected chi connectivity index (χ2v) is 6.02. The quantitative estimate of drug-likeness (QED) is 0.735. The van der Waals surface area contributed by atoms with E-state index in [0.29, 0.717) is 25.4 Å². The fraction of sp³-hybridized carbons (Fsp3) is 0.857. The van der Waals surface area contributed by atoms with E-state index in [2.05, 4.69) is 19.2 Å². The Hall–Kier alpha value is -1.10. The van der Waals surface area contributed by atoms with Gasteiger partial charge in [0.1, 0.15) is 0 Å². The molecule has 0 aromatic rings. The van der Waals surface area contributed by atoms with E-state index in [4.69, 9.17) is 0 Å². The van der Waals surface area contributed by atoms with Crippen LogP contribution >= 0.6 is 0 Å². The third-order valence-electron chi connectivity index (χ3n) is 3.42. The SMILES string of the molecule is CC(C)CCN1CC(C(=O)NCCN(C)C)CC1=O. The predicted octanol–water partition coefficient (Wildman–Crippen LogP) is 0.559. The number of amides is 2. The van der Waals surface area contributed by atoms with Gasteiger partial charge in [-0.05, 0) is 26.4 Å². The van der Waals surface area contributed by atoms with Crippen molar-refractivity contribution in [3.05, 3.63) is 0 Å². The highest BCUT2D eigenvalue weighted by Gasteiger charge is 2.33. The van der Waals surface area contributed by atoms with Gasteiger partial charge in [-0.15, -0.1) is 0 Å². The highest BCUT2D eigenvalue weighted by atomic mass is 16.2. The number of nitrogens with zero attached hydrogens (tertiary/aromatic N) is 2. The van der Waals surface area contributed by atoms with Crippen molar-refractivity contribution in [2.75, 3.05) is 40.3 Å². The van der Waals surface area contributed by atoms with Crippen molar-refractivity contribution in [3.8, 4) is 0 Å². The van der Waals surface area contributed by atoms with Gasteiger partial charge in [0, 0.05) is 32.6 Å². The third-order valence-corrected chi connectivity index (χ3v) is 3.42. The number of nitrogens with one attached hydrogen (secondary N) is 1. The van der Waals surface area contributed by atoms with Crippen LogP contribution in [0.3, 0.4) is 0 Å². The number of hydrogen-bond donors (Lipinski definition) is 1. The van der Waals surface area contributed by atoms with E-state index >= 15 is 0 Å². The van der Waals surface area contributed by atoms with E-state index in [0.717, 1.165) is 19.5 Å². The molecule has 0 spiro atoms. The summed E-state index contributed by atoms with van der Waals surface area (Å²) in [6, 6.07) is 0. The lowest BCUT2D eigenvalue weighted by Gasteiger charge is -2.18. The molecule has 1 fully saturated rings. The van der Waals surface area contributed by atoms with Gasteiger partial charge in [-0.2, -0.15) is 0 Å². The van der Waals surface area contributed by atoms with Crippen LogP contribution in [0, 0.1) is 11.8 Å². The molecule has 1 rings (SSSR count). The number of rotatable bonds is 7. The zero-order valence-corrected chi connectivity index (χ0v) is 12.6. The molecule has 1 unspecified atom stereocenters. The summed E-state index contributed by atoms with van der Waals surface area (Å²) in [4.78, 5) is 27.6. The molecule has 1 aliphatic heterocycles. The van der Waals surface area contributed by atoms with Gasteiger partial charge in [0.25, 0.3) is 0 Å². The maximum atomic E-state index is 11.9. The van der Waals surface area contributed by atoms with Gasteiger partial charge < -0.3 is 15.1 Å². The van der Waals surface area contributed by atoms with Crippen LogP contribution in [-0.2, 0) is 9.59 Å². The normalized spacial score (nSPS) is 19.6. The minimum absolute atomic E-state index is 0.0160. The van der Waals surface area contributed by atoms with Crippen molar-refractivity contribution >= 4 is 11.8 Å². The lowest BCUT2D eigenvalue weighted by Crippen LogP contribution is -2.37. The monoisotopic (exact) mass is 269 g/mol. The van der Waals surface area contributed by atoms with E-state index < -0.39 is 0 Å². The molecule has 2 amide bonds. The van der Waals surface area contributed by atoms with E-state index in [9.17, 15) is 9.59 Å². The lowest BCUT2D eigenvalue weighted by atomic mass is 10.1. The minimum Gasteiger partial charge on any atom is -0.355 e. The molecular formula is C14H27N3O2. The van der Waals surface area contributed by atoms with Crippen molar-refractivity contribution in [2.24, 2.45) is 11.8 Å². The standard InChI is InChI=1S/C14H27N3O2/c1-11(2)5-7-17-10-12(9-13(17)18)14(19)15-6-8-16(3)4/h11-12H,5-10H2,1-4H3,(H,15,19). The van der Waals surface area contributed by atoms with Crippen molar-refractivity contribution in [3.63, 3.8) is 0 Å². The van der Waals surface area contributed by atoms with Crippen molar-refractivity contribution < 1.29 is 9.59 Å². The van der Waals surface area contributed by atoms with Crippen molar-refractivity contribution in [1.82, 2.24) is 15.1 Å². The van der Waals surface area contributed by atoms with E-state index in [1.807, 2.05) is 23.9 Å². The summed E-state index contributed by atoms with van der Waals surface area (Å²) in [7, 11) is 3.94. The van der Waals surface area contributed by atoms with Crippen LogP contribution in [-0.4, -0.2) is 61.9 Å². The Morgan fingerprint density at radius 3 is 2.74 bits per heavy atom. The summed E-state index contributed by atoms with van der Waals surface area (Å²) in [5.74, 6) is 0.554. The number of likely N-dealkylation sites (tertiary alicyclic amines) is 1.